The van der Waals surface area contributed by atoms with Gasteiger partial charge in [0.25, 0.3) is 0 Å². The van der Waals surface area contributed by atoms with Gasteiger partial charge in [-0.3, -0.25) is 0 Å². The fraction of sp³-hybridized carbons (Fsp3) is 0.500. The molecule has 0 atom stereocenters. The Bertz CT molecular complexity index is 469. The summed E-state index contributed by atoms with van der Waals surface area (Å²) in [5.41, 5.74) is 1.58. The van der Waals surface area contributed by atoms with Crippen molar-refractivity contribution in [3.8, 4) is 0 Å². The highest BCUT2D eigenvalue weighted by molar-refractivity contribution is 7.89. The highest BCUT2D eigenvalue weighted by atomic mass is 32.2. The summed E-state index contributed by atoms with van der Waals surface area (Å²) in [7, 11) is -3.27. The van der Waals surface area contributed by atoms with E-state index >= 15 is 0 Å². The molecule has 0 spiro atoms. The number of hydrogen-bond acceptors (Lipinski definition) is 4. The van der Waals surface area contributed by atoms with Crippen molar-refractivity contribution in [1.82, 2.24) is 9.71 Å². The van der Waals surface area contributed by atoms with E-state index < -0.39 is 10.0 Å². The zero-order valence-electron chi connectivity index (χ0n) is 9.70. The van der Waals surface area contributed by atoms with Crippen molar-refractivity contribution in [3.05, 3.63) is 27.7 Å². The Balaban J connectivity index is 2.61. The van der Waals surface area contributed by atoms with Gasteiger partial charge in [-0.2, -0.15) is 0 Å². The van der Waals surface area contributed by atoms with Crippen molar-refractivity contribution in [2.45, 2.75) is 27.3 Å². The first-order valence-electron chi connectivity index (χ1n) is 4.85. The molecule has 1 aromatic rings. The lowest BCUT2D eigenvalue weighted by molar-refractivity contribution is 0.583. The van der Waals surface area contributed by atoms with Gasteiger partial charge in [0.15, 0.2) is 0 Å². The largest absolute Gasteiger partial charge is 0.245 e. The molecule has 0 aromatic carbocycles. The van der Waals surface area contributed by atoms with Gasteiger partial charge in [-0.1, -0.05) is 12.2 Å². The Kier molecular flexibility index (Phi) is 4.23. The molecule has 1 aromatic heterocycles. The van der Waals surface area contributed by atoms with E-state index in [1.807, 2.05) is 13.8 Å². The van der Waals surface area contributed by atoms with Crippen molar-refractivity contribution in [1.29, 1.82) is 0 Å². The lowest BCUT2D eigenvalue weighted by atomic mass is 10.4. The molecule has 90 valence electrons. The quantitative estimate of drug-likeness (QED) is 0.821. The molecule has 0 aliphatic carbocycles. The van der Waals surface area contributed by atoms with E-state index in [9.17, 15) is 8.42 Å². The number of aryl methyl sites for hydroxylation is 2. The Labute approximate surface area is 100 Å². The molecule has 1 N–H and O–H groups in total. The topological polar surface area (TPSA) is 59.1 Å². The second-order valence-corrected chi connectivity index (χ2v) is 6.88. The first-order valence-corrected chi connectivity index (χ1v) is 7.31. The summed E-state index contributed by atoms with van der Waals surface area (Å²) in [6.45, 7) is 9.42. The van der Waals surface area contributed by atoms with E-state index in [4.69, 9.17) is 0 Å². The fourth-order valence-electron chi connectivity index (χ4n) is 1.16. The number of nitrogens with one attached hydrogen (secondary N) is 1. The first-order chi connectivity index (χ1) is 7.30. The SMILES string of the molecule is C=C(C)CS(=O)(=O)NCc1nc(C)c(C)s1. The van der Waals surface area contributed by atoms with Gasteiger partial charge < -0.3 is 0 Å². The molecular formula is C10H16N2O2S2. The minimum absolute atomic E-state index is 0.0314. The Morgan fingerprint density at radius 2 is 2.12 bits per heavy atom. The molecule has 0 saturated carbocycles. The molecule has 0 aliphatic heterocycles. The third-order valence-electron chi connectivity index (χ3n) is 1.95. The van der Waals surface area contributed by atoms with Gasteiger partial charge in [0, 0.05) is 4.88 Å². The predicted octanol–water partition coefficient (Wildman–Crippen LogP) is 1.76. The van der Waals surface area contributed by atoms with Crippen molar-refractivity contribution >= 4 is 21.4 Å². The summed E-state index contributed by atoms with van der Waals surface area (Å²) in [6, 6.07) is 0. The van der Waals surface area contributed by atoms with E-state index in [1.54, 1.807) is 6.92 Å². The van der Waals surface area contributed by atoms with E-state index in [2.05, 4.69) is 16.3 Å². The number of sulfonamides is 1. The maximum Gasteiger partial charge on any atom is 0.215 e. The lowest BCUT2D eigenvalue weighted by Gasteiger charge is -2.03. The second kappa shape index (κ2) is 5.07. The third kappa shape index (κ3) is 4.03. The van der Waals surface area contributed by atoms with Gasteiger partial charge >= 0.3 is 0 Å². The van der Waals surface area contributed by atoms with Gasteiger partial charge in [0.05, 0.1) is 18.0 Å². The van der Waals surface area contributed by atoms with Crippen LogP contribution in [0.3, 0.4) is 0 Å². The number of rotatable bonds is 5. The summed E-state index contributed by atoms with van der Waals surface area (Å²) in [5.74, 6) is -0.0314. The van der Waals surface area contributed by atoms with Crippen LogP contribution < -0.4 is 4.72 Å². The van der Waals surface area contributed by atoms with Crippen LogP contribution in [0.4, 0.5) is 0 Å². The van der Waals surface area contributed by atoms with Crippen LogP contribution in [-0.2, 0) is 16.6 Å². The summed E-state index contributed by atoms with van der Waals surface area (Å²) in [5, 5.41) is 0.792. The monoisotopic (exact) mass is 260 g/mol. The zero-order valence-corrected chi connectivity index (χ0v) is 11.3. The molecule has 6 heteroatoms. The highest BCUT2D eigenvalue weighted by Gasteiger charge is 2.11. The predicted molar refractivity (Wildman–Crippen MR) is 67.0 cm³/mol. The smallest absolute Gasteiger partial charge is 0.215 e. The highest BCUT2D eigenvalue weighted by Crippen LogP contribution is 2.16. The molecule has 16 heavy (non-hydrogen) atoms. The standard InChI is InChI=1S/C10H16N2O2S2/c1-7(2)6-16(13,14)11-5-10-12-8(3)9(4)15-10/h11H,1,5-6H2,2-4H3. The minimum atomic E-state index is -3.27. The molecule has 4 nitrogen and oxygen atoms in total. The number of thiazole rings is 1. The van der Waals surface area contributed by atoms with Crippen LogP contribution in [0.1, 0.15) is 22.5 Å². The summed E-state index contributed by atoms with van der Waals surface area (Å²) in [4.78, 5) is 5.38. The summed E-state index contributed by atoms with van der Waals surface area (Å²) < 4.78 is 25.5. The normalized spacial score (nSPS) is 11.7. The van der Waals surface area contributed by atoms with Crippen LogP contribution in [-0.4, -0.2) is 19.2 Å². The second-order valence-electron chi connectivity index (χ2n) is 3.79. The summed E-state index contributed by atoms with van der Waals surface area (Å²) >= 11 is 1.51. The molecule has 0 fully saturated rings. The fourth-order valence-corrected chi connectivity index (χ4v) is 3.23. The van der Waals surface area contributed by atoms with E-state index in [-0.39, 0.29) is 12.3 Å². The van der Waals surface area contributed by atoms with E-state index in [0.717, 1.165) is 15.6 Å². The van der Waals surface area contributed by atoms with Gasteiger partial charge in [-0.25, -0.2) is 18.1 Å². The van der Waals surface area contributed by atoms with Gasteiger partial charge in [0.2, 0.25) is 10.0 Å². The van der Waals surface area contributed by atoms with Crippen LogP contribution in [0.25, 0.3) is 0 Å². The average Bonchev–Trinajstić information content (AvgIpc) is 2.41. The van der Waals surface area contributed by atoms with Crippen LogP contribution >= 0.6 is 11.3 Å². The van der Waals surface area contributed by atoms with E-state index in [0.29, 0.717) is 5.57 Å². The lowest BCUT2D eigenvalue weighted by Crippen LogP contribution is -2.26. The molecule has 0 aliphatic rings. The van der Waals surface area contributed by atoms with Crippen molar-refractivity contribution in [3.63, 3.8) is 0 Å². The van der Waals surface area contributed by atoms with Crippen LogP contribution in [0, 0.1) is 13.8 Å². The molecular weight excluding hydrogens is 244 g/mol. The number of nitrogens with zero attached hydrogens (tertiary/aromatic N) is 1. The molecule has 0 bridgehead atoms. The van der Waals surface area contributed by atoms with Crippen molar-refractivity contribution in [2.24, 2.45) is 0 Å². The number of aromatic nitrogens is 1. The van der Waals surface area contributed by atoms with Crippen LogP contribution in [0.5, 0.6) is 0 Å². The molecule has 0 radical (unpaired) electrons. The Hall–Kier alpha value is -0.720. The molecule has 0 unspecified atom stereocenters. The molecule has 0 amide bonds. The third-order valence-corrected chi connectivity index (χ3v) is 4.48. The Morgan fingerprint density at radius 3 is 2.56 bits per heavy atom. The average molecular weight is 260 g/mol. The maximum absolute atomic E-state index is 11.5. The van der Waals surface area contributed by atoms with E-state index in [1.165, 1.54) is 11.3 Å². The number of hydrogen-bond donors (Lipinski definition) is 1. The molecule has 1 heterocycles. The summed E-state index contributed by atoms with van der Waals surface area (Å²) in [6.07, 6.45) is 0. The van der Waals surface area contributed by atoms with Gasteiger partial charge in [-0.05, 0) is 20.8 Å². The maximum atomic E-state index is 11.5. The van der Waals surface area contributed by atoms with Gasteiger partial charge in [-0.15, -0.1) is 11.3 Å². The first kappa shape index (κ1) is 13.3. The van der Waals surface area contributed by atoms with Crippen LogP contribution in [0.15, 0.2) is 12.2 Å². The van der Waals surface area contributed by atoms with Gasteiger partial charge in [0.1, 0.15) is 5.01 Å². The molecule has 0 saturated heterocycles. The van der Waals surface area contributed by atoms with Crippen LogP contribution in [0.2, 0.25) is 0 Å². The minimum Gasteiger partial charge on any atom is -0.245 e. The van der Waals surface area contributed by atoms with Crippen molar-refractivity contribution < 1.29 is 8.42 Å². The Morgan fingerprint density at radius 1 is 1.50 bits per heavy atom. The van der Waals surface area contributed by atoms with Crippen molar-refractivity contribution in [2.75, 3.05) is 5.75 Å². The zero-order chi connectivity index (χ0) is 12.3. The molecule has 1 rings (SSSR count).